The Morgan fingerprint density at radius 3 is 2.38 bits per heavy atom. The summed E-state index contributed by atoms with van der Waals surface area (Å²) in [5, 5.41) is 3.55. The number of piperidine rings is 1. The van der Waals surface area contributed by atoms with Crippen LogP contribution in [0.15, 0.2) is 41.4 Å². The van der Waals surface area contributed by atoms with Crippen LogP contribution >= 0.6 is 0 Å². The predicted octanol–water partition coefficient (Wildman–Crippen LogP) is 3.81. The van der Waals surface area contributed by atoms with Gasteiger partial charge in [-0.3, -0.25) is 4.99 Å². The predicted molar refractivity (Wildman–Crippen MR) is 120 cm³/mol. The molecule has 5 heteroatoms. The Hall–Kier alpha value is -2.01. The molecular weight excluding hydrogens is 360 g/mol. The number of anilines is 1. The van der Waals surface area contributed by atoms with E-state index in [4.69, 9.17) is 4.74 Å². The van der Waals surface area contributed by atoms with E-state index in [0.29, 0.717) is 6.10 Å². The van der Waals surface area contributed by atoms with Crippen molar-refractivity contribution >= 4 is 11.6 Å². The number of nitrogens with zero attached hydrogens (tertiary/aromatic N) is 3. The van der Waals surface area contributed by atoms with E-state index in [9.17, 15) is 0 Å². The zero-order chi connectivity index (χ0) is 19.9. The van der Waals surface area contributed by atoms with Crippen LogP contribution in [0.3, 0.4) is 0 Å². The number of hydrogen-bond acceptors (Lipinski definition) is 3. The van der Waals surface area contributed by atoms with Crippen LogP contribution in [-0.4, -0.2) is 56.8 Å². The van der Waals surface area contributed by atoms with E-state index in [1.54, 1.807) is 0 Å². The topological polar surface area (TPSA) is 40.1 Å². The summed E-state index contributed by atoms with van der Waals surface area (Å²) >= 11 is 0. The molecular formula is C24H36N4O. The van der Waals surface area contributed by atoms with Gasteiger partial charge in [-0.05, 0) is 49.3 Å². The van der Waals surface area contributed by atoms with Crippen molar-refractivity contribution in [3.63, 3.8) is 0 Å². The first-order valence-corrected chi connectivity index (χ1v) is 11.4. The molecule has 29 heavy (non-hydrogen) atoms. The Kier molecular flexibility index (Phi) is 7.09. The van der Waals surface area contributed by atoms with E-state index in [-0.39, 0.29) is 0 Å². The van der Waals surface area contributed by atoms with Gasteiger partial charge in [0.2, 0.25) is 0 Å². The molecule has 3 aliphatic rings. The maximum atomic E-state index is 6.22. The molecule has 0 radical (unpaired) electrons. The Morgan fingerprint density at radius 2 is 1.72 bits per heavy atom. The molecule has 2 fully saturated rings. The summed E-state index contributed by atoms with van der Waals surface area (Å²) < 4.78 is 6.22. The van der Waals surface area contributed by atoms with Crippen LogP contribution in [0, 0.1) is 5.92 Å². The lowest BCUT2D eigenvalue weighted by molar-refractivity contribution is 0.00101. The van der Waals surface area contributed by atoms with Crippen molar-refractivity contribution in [2.75, 3.05) is 44.7 Å². The highest BCUT2D eigenvalue weighted by molar-refractivity contribution is 5.80. The monoisotopic (exact) mass is 396 g/mol. The van der Waals surface area contributed by atoms with Gasteiger partial charge in [0.05, 0.1) is 6.10 Å². The van der Waals surface area contributed by atoms with Crippen LogP contribution in [0.4, 0.5) is 5.69 Å². The number of ether oxygens (including phenoxy) is 1. The lowest BCUT2D eigenvalue weighted by Gasteiger charge is -2.34. The van der Waals surface area contributed by atoms with Crippen LogP contribution in [0.25, 0.3) is 0 Å². The first-order valence-electron chi connectivity index (χ1n) is 11.4. The summed E-state index contributed by atoms with van der Waals surface area (Å²) in [6.45, 7) is 5.87. The van der Waals surface area contributed by atoms with Crippen LogP contribution in [-0.2, 0) is 11.3 Å². The summed E-state index contributed by atoms with van der Waals surface area (Å²) in [7, 11) is 1.88. The fourth-order valence-electron chi connectivity index (χ4n) is 4.71. The van der Waals surface area contributed by atoms with Gasteiger partial charge in [0.1, 0.15) is 0 Å². The Balaban J connectivity index is 1.19. The van der Waals surface area contributed by atoms with E-state index in [0.717, 1.165) is 64.0 Å². The maximum Gasteiger partial charge on any atom is 0.193 e. The van der Waals surface area contributed by atoms with Crippen molar-refractivity contribution in [1.29, 1.82) is 0 Å². The number of nitrogens with one attached hydrogen (secondary N) is 1. The van der Waals surface area contributed by atoms with Gasteiger partial charge in [-0.1, -0.05) is 37.1 Å². The highest BCUT2D eigenvalue weighted by atomic mass is 16.5. The molecule has 0 aromatic heterocycles. The van der Waals surface area contributed by atoms with Crippen LogP contribution < -0.4 is 10.2 Å². The third-order valence-electron chi connectivity index (χ3n) is 6.57. The smallest absolute Gasteiger partial charge is 0.193 e. The molecule has 1 N–H and O–H groups in total. The summed E-state index contributed by atoms with van der Waals surface area (Å²) in [6.07, 6.45) is 12.6. The second-order valence-electron chi connectivity index (χ2n) is 8.61. The second-order valence-corrected chi connectivity index (χ2v) is 8.61. The van der Waals surface area contributed by atoms with Crippen LogP contribution in [0.1, 0.15) is 44.1 Å². The number of guanidine groups is 1. The minimum Gasteiger partial charge on any atom is -0.378 e. The standard InChI is InChI=1S/C24H36N4O/c1-25-24(26-18-20-8-10-22(11-9-20)27-14-4-5-15-27)28-16-12-23(13-17-28)29-19-21-6-2-3-7-21/h4-5,8-11,21,23H,2-3,6-7,12-19H2,1H3,(H,25,26). The molecule has 0 amide bonds. The number of aliphatic imine (C=N–C) groups is 1. The van der Waals surface area contributed by atoms with Crippen molar-refractivity contribution in [3.8, 4) is 0 Å². The second kappa shape index (κ2) is 10.1. The van der Waals surface area contributed by atoms with E-state index in [1.807, 2.05) is 7.05 Å². The molecule has 1 saturated heterocycles. The van der Waals surface area contributed by atoms with Gasteiger partial charge < -0.3 is 19.9 Å². The molecule has 0 atom stereocenters. The van der Waals surface area contributed by atoms with E-state index in [1.165, 1.54) is 36.9 Å². The van der Waals surface area contributed by atoms with Crippen molar-refractivity contribution in [3.05, 3.63) is 42.0 Å². The van der Waals surface area contributed by atoms with Crippen molar-refractivity contribution in [2.24, 2.45) is 10.9 Å². The van der Waals surface area contributed by atoms with E-state index < -0.39 is 0 Å². The van der Waals surface area contributed by atoms with Crippen molar-refractivity contribution in [2.45, 2.75) is 51.2 Å². The van der Waals surface area contributed by atoms with Gasteiger partial charge in [-0.2, -0.15) is 0 Å². The van der Waals surface area contributed by atoms with Gasteiger partial charge in [0.15, 0.2) is 5.96 Å². The largest absolute Gasteiger partial charge is 0.378 e. The number of benzene rings is 1. The molecule has 2 aliphatic heterocycles. The highest BCUT2D eigenvalue weighted by Gasteiger charge is 2.23. The zero-order valence-corrected chi connectivity index (χ0v) is 17.9. The van der Waals surface area contributed by atoms with E-state index in [2.05, 4.69) is 56.5 Å². The number of hydrogen-bond donors (Lipinski definition) is 1. The van der Waals surface area contributed by atoms with Crippen molar-refractivity contribution < 1.29 is 4.74 Å². The van der Waals surface area contributed by atoms with Gasteiger partial charge in [0, 0.05) is 52.1 Å². The van der Waals surface area contributed by atoms with E-state index >= 15 is 0 Å². The van der Waals surface area contributed by atoms with Crippen LogP contribution in [0.5, 0.6) is 0 Å². The fourth-order valence-corrected chi connectivity index (χ4v) is 4.71. The first-order chi connectivity index (χ1) is 14.3. The lowest BCUT2D eigenvalue weighted by Crippen LogP contribution is -2.46. The van der Waals surface area contributed by atoms with Crippen LogP contribution in [0.2, 0.25) is 0 Å². The van der Waals surface area contributed by atoms with Gasteiger partial charge >= 0.3 is 0 Å². The average molecular weight is 397 g/mol. The fraction of sp³-hybridized carbons (Fsp3) is 0.625. The molecule has 1 aliphatic carbocycles. The Morgan fingerprint density at radius 1 is 1.03 bits per heavy atom. The Bertz CT molecular complexity index is 677. The normalized spacial score (nSPS) is 21.3. The summed E-state index contributed by atoms with van der Waals surface area (Å²) in [6, 6.07) is 8.88. The summed E-state index contributed by atoms with van der Waals surface area (Å²) in [4.78, 5) is 9.26. The molecule has 0 spiro atoms. The summed E-state index contributed by atoms with van der Waals surface area (Å²) in [5.41, 5.74) is 2.58. The molecule has 4 rings (SSSR count). The molecule has 1 aromatic carbocycles. The third-order valence-corrected chi connectivity index (χ3v) is 6.57. The number of likely N-dealkylation sites (tertiary alicyclic amines) is 1. The zero-order valence-electron chi connectivity index (χ0n) is 17.9. The van der Waals surface area contributed by atoms with Gasteiger partial charge in [0.25, 0.3) is 0 Å². The number of rotatable bonds is 6. The first kappa shape index (κ1) is 20.3. The third kappa shape index (κ3) is 5.53. The Labute approximate surface area is 175 Å². The molecule has 0 unspecified atom stereocenters. The molecule has 2 heterocycles. The molecule has 0 bridgehead atoms. The molecule has 1 aromatic rings. The quantitative estimate of drug-likeness (QED) is 0.451. The average Bonchev–Trinajstić information content (AvgIpc) is 3.48. The lowest BCUT2D eigenvalue weighted by atomic mass is 10.1. The minimum atomic E-state index is 0.428. The van der Waals surface area contributed by atoms with Gasteiger partial charge in [-0.25, -0.2) is 0 Å². The van der Waals surface area contributed by atoms with Crippen molar-refractivity contribution in [1.82, 2.24) is 10.2 Å². The molecule has 5 nitrogen and oxygen atoms in total. The molecule has 158 valence electrons. The molecule has 1 saturated carbocycles. The minimum absolute atomic E-state index is 0.428. The maximum absolute atomic E-state index is 6.22. The SMILES string of the molecule is CN=C(NCc1ccc(N2CC=CC2)cc1)N1CCC(OCC2CCCC2)CC1. The highest BCUT2D eigenvalue weighted by Crippen LogP contribution is 2.26. The summed E-state index contributed by atoms with van der Waals surface area (Å²) in [5.74, 6) is 1.82. The van der Waals surface area contributed by atoms with Gasteiger partial charge in [-0.15, -0.1) is 0 Å².